The van der Waals surface area contributed by atoms with Crippen molar-refractivity contribution in [3.8, 4) is 0 Å². The van der Waals surface area contributed by atoms with E-state index < -0.39 is 0 Å². The van der Waals surface area contributed by atoms with E-state index in [1.807, 2.05) is 0 Å². The molecule has 0 aromatic heterocycles. The first-order valence-electron chi connectivity index (χ1n) is 3.97. The number of carbonyl (C=O) groups is 1. The third kappa shape index (κ3) is 2.50. The summed E-state index contributed by atoms with van der Waals surface area (Å²) in [5, 5.41) is 9.13. The molecule has 1 rings (SSSR count). The summed E-state index contributed by atoms with van der Waals surface area (Å²) in [6.07, 6.45) is 2.82. The van der Waals surface area contributed by atoms with Gasteiger partial charge in [0.25, 0.3) is 0 Å². The smallest absolute Gasteiger partial charge is 0.305 e. The maximum Gasteiger partial charge on any atom is 0.305 e. The third-order valence-corrected chi connectivity index (χ3v) is 2.20. The van der Waals surface area contributed by atoms with Crippen LogP contribution in [0.5, 0.6) is 0 Å². The van der Waals surface area contributed by atoms with Crippen LogP contribution in [0.2, 0.25) is 0 Å². The zero-order valence-electron chi connectivity index (χ0n) is 6.75. The first kappa shape index (κ1) is 8.53. The lowest BCUT2D eigenvalue weighted by atomic mass is 10.0. The average molecular weight is 158 g/mol. The molecule has 0 bridgehead atoms. The van der Waals surface area contributed by atoms with Crippen LogP contribution < -0.4 is 0 Å². The molecule has 3 nitrogen and oxygen atoms in total. The number of rotatable bonds is 2. The molecule has 0 radical (unpaired) electrons. The van der Waals surface area contributed by atoms with Crippen LogP contribution in [0.1, 0.15) is 25.7 Å². The Kier molecular flexibility index (Phi) is 2.88. The van der Waals surface area contributed by atoms with Crippen molar-refractivity contribution in [2.45, 2.75) is 31.8 Å². The number of ether oxygens (including phenoxy) is 1. The molecule has 11 heavy (non-hydrogen) atoms. The summed E-state index contributed by atoms with van der Waals surface area (Å²) < 4.78 is 4.53. The van der Waals surface area contributed by atoms with E-state index >= 15 is 0 Å². The number of carbonyl (C=O) groups excluding carboxylic acids is 1. The zero-order chi connectivity index (χ0) is 8.27. The van der Waals surface area contributed by atoms with E-state index in [-0.39, 0.29) is 12.1 Å². The zero-order valence-corrected chi connectivity index (χ0v) is 6.75. The Bertz CT molecular complexity index is 144. The van der Waals surface area contributed by atoms with Gasteiger partial charge in [0.05, 0.1) is 13.2 Å². The van der Waals surface area contributed by atoms with Gasteiger partial charge in [0, 0.05) is 6.42 Å². The van der Waals surface area contributed by atoms with Gasteiger partial charge in [-0.25, -0.2) is 0 Å². The van der Waals surface area contributed by atoms with Gasteiger partial charge in [-0.2, -0.15) is 0 Å². The summed E-state index contributed by atoms with van der Waals surface area (Å²) in [5.41, 5.74) is 0. The van der Waals surface area contributed by atoms with Gasteiger partial charge in [-0.05, 0) is 25.2 Å². The highest BCUT2D eigenvalue weighted by Gasteiger charge is 2.24. The summed E-state index contributed by atoms with van der Waals surface area (Å²) >= 11 is 0. The van der Waals surface area contributed by atoms with Gasteiger partial charge >= 0.3 is 5.97 Å². The Hall–Kier alpha value is -0.570. The molecule has 1 aliphatic carbocycles. The molecule has 1 saturated carbocycles. The first-order valence-corrected chi connectivity index (χ1v) is 3.97. The van der Waals surface area contributed by atoms with E-state index in [2.05, 4.69) is 4.74 Å². The normalized spacial score (nSPS) is 30.4. The predicted octanol–water partition coefficient (Wildman–Crippen LogP) is 0.710. The number of aliphatic hydroxyl groups is 1. The van der Waals surface area contributed by atoms with Gasteiger partial charge in [0.15, 0.2) is 0 Å². The van der Waals surface area contributed by atoms with E-state index in [1.54, 1.807) is 0 Å². The van der Waals surface area contributed by atoms with E-state index in [0.29, 0.717) is 12.3 Å². The number of esters is 1. The third-order valence-electron chi connectivity index (χ3n) is 2.20. The molecule has 0 aromatic rings. The summed E-state index contributed by atoms with van der Waals surface area (Å²) in [6.45, 7) is 0. The minimum absolute atomic E-state index is 0.163. The van der Waals surface area contributed by atoms with E-state index in [4.69, 9.17) is 5.11 Å². The van der Waals surface area contributed by atoms with Crippen molar-refractivity contribution < 1.29 is 14.6 Å². The Morgan fingerprint density at radius 1 is 1.64 bits per heavy atom. The highest BCUT2D eigenvalue weighted by Crippen LogP contribution is 2.28. The molecule has 0 saturated heterocycles. The molecule has 0 unspecified atom stereocenters. The second-order valence-electron chi connectivity index (χ2n) is 3.11. The molecule has 0 aliphatic heterocycles. The molecule has 0 aromatic carbocycles. The molecule has 3 heteroatoms. The highest BCUT2D eigenvalue weighted by molar-refractivity contribution is 5.69. The minimum Gasteiger partial charge on any atom is -0.469 e. The van der Waals surface area contributed by atoms with E-state index in [9.17, 15) is 4.79 Å². The van der Waals surface area contributed by atoms with Crippen LogP contribution in [-0.4, -0.2) is 24.3 Å². The summed E-state index contributed by atoms with van der Waals surface area (Å²) in [6, 6.07) is 0. The molecule has 64 valence electrons. The molecule has 0 spiro atoms. The maximum atomic E-state index is 10.8. The van der Waals surface area contributed by atoms with Gasteiger partial charge in [0.1, 0.15) is 0 Å². The van der Waals surface area contributed by atoms with Gasteiger partial charge in [0.2, 0.25) is 0 Å². The Morgan fingerprint density at radius 3 is 2.82 bits per heavy atom. The van der Waals surface area contributed by atoms with Crippen LogP contribution in [0.3, 0.4) is 0 Å². The SMILES string of the molecule is COC(=O)C[C@@H]1CC[C@H](O)C1. The number of hydrogen-bond donors (Lipinski definition) is 1. The molecule has 0 heterocycles. The lowest BCUT2D eigenvalue weighted by molar-refractivity contribution is -0.141. The maximum absolute atomic E-state index is 10.8. The number of methoxy groups -OCH3 is 1. The second-order valence-corrected chi connectivity index (χ2v) is 3.11. The topological polar surface area (TPSA) is 46.5 Å². The largest absolute Gasteiger partial charge is 0.469 e. The standard InChI is InChI=1S/C8H14O3/c1-11-8(10)5-6-2-3-7(9)4-6/h6-7,9H,2-5H2,1H3/t6-,7+/m1/s1. The van der Waals surface area contributed by atoms with Gasteiger partial charge < -0.3 is 9.84 Å². The van der Waals surface area contributed by atoms with Crippen molar-refractivity contribution >= 4 is 5.97 Å². The predicted molar refractivity (Wildman–Crippen MR) is 40.0 cm³/mol. The van der Waals surface area contributed by atoms with Crippen molar-refractivity contribution in [2.24, 2.45) is 5.92 Å². The van der Waals surface area contributed by atoms with Crippen molar-refractivity contribution in [3.05, 3.63) is 0 Å². The van der Waals surface area contributed by atoms with Crippen molar-refractivity contribution in [2.75, 3.05) is 7.11 Å². The van der Waals surface area contributed by atoms with Crippen LogP contribution in [0, 0.1) is 5.92 Å². The highest BCUT2D eigenvalue weighted by atomic mass is 16.5. The van der Waals surface area contributed by atoms with Crippen LogP contribution in [0.25, 0.3) is 0 Å². The van der Waals surface area contributed by atoms with Gasteiger partial charge in [-0.3, -0.25) is 4.79 Å². The fourth-order valence-electron chi connectivity index (χ4n) is 1.55. The van der Waals surface area contributed by atoms with Crippen molar-refractivity contribution in [1.82, 2.24) is 0 Å². The molecular weight excluding hydrogens is 144 g/mol. The molecule has 1 fully saturated rings. The van der Waals surface area contributed by atoms with Crippen LogP contribution >= 0.6 is 0 Å². The van der Waals surface area contributed by atoms with Crippen LogP contribution in [0.15, 0.2) is 0 Å². The Balaban J connectivity index is 2.23. The van der Waals surface area contributed by atoms with Gasteiger partial charge in [-0.1, -0.05) is 0 Å². The Labute approximate surface area is 66.4 Å². The summed E-state index contributed by atoms with van der Waals surface area (Å²) in [4.78, 5) is 10.8. The lowest BCUT2D eigenvalue weighted by Crippen LogP contribution is -2.08. The molecular formula is C8H14O3. The molecule has 1 N–H and O–H groups in total. The summed E-state index contributed by atoms with van der Waals surface area (Å²) in [7, 11) is 1.40. The lowest BCUT2D eigenvalue weighted by Gasteiger charge is -2.05. The van der Waals surface area contributed by atoms with E-state index in [1.165, 1.54) is 7.11 Å². The fourth-order valence-corrected chi connectivity index (χ4v) is 1.55. The fraction of sp³-hybridized carbons (Fsp3) is 0.875. The molecule has 2 atom stereocenters. The second kappa shape index (κ2) is 3.72. The first-order chi connectivity index (χ1) is 5.22. The average Bonchev–Trinajstić information content (AvgIpc) is 2.35. The number of hydrogen-bond acceptors (Lipinski definition) is 3. The van der Waals surface area contributed by atoms with E-state index in [0.717, 1.165) is 19.3 Å². The van der Waals surface area contributed by atoms with Crippen LogP contribution in [0.4, 0.5) is 0 Å². The monoisotopic (exact) mass is 158 g/mol. The Morgan fingerprint density at radius 2 is 2.36 bits per heavy atom. The van der Waals surface area contributed by atoms with Crippen molar-refractivity contribution in [1.29, 1.82) is 0 Å². The van der Waals surface area contributed by atoms with Gasteiger partial charge in [-0.15, -0.1) is 0 Å². The van der Waals surface area contributed by atoms with Crippen molar-refractivity contribution in [3.63, 3.8) is 0 Å². The van der Waals surface area contributed by atoms with Crippen LogP contribution in [-0.2, 0) is 9.53 Å². The molecule has 0 amide bonds. The summed E-state index contributed by atoms with van der Waals surface area (Å²) in [5.74, 6) is 0.182. The number of aliphatic hydroxyl groups excluding tert-OH is 1. The molecule has 1 aliphatic rings. The minimum atomic E-state index is -0.190. The quantitative estimate of drug-likeness (QED) is 0.602.